The van der Waals surface area contributed by atoms with Gasteiger partial charge in [-0.1, -0.05) is 38.1 Å². The zero-order chi connectivity index (χ0) is 39.1. The highest BCUT2D eigenvalue weighted by molar-refractivity contribution is 7.91. The Labute approximate surface area is 314 Å². The summed E-state index contributed by atoms with van der Waals surface area (Å²) in [6.45, 7) is 5.73. The van der Waals surface area contributed by atoms with Gasteiger partial charge in [0.25, 0.3) is 11.5 Å². The van der Waals surface area contributed by atoms with Crippen LogP contribution in [0.15, 0.2) is 41.2 Å². The van der Waals surface area contributed by atoms with E-state index in [1.807, 2.05) is 26.0 Å². The first kappa shape index (κ1) is 38.9. The number of carbonyl (C=O) groups is 5. The lowest BCUT2D eigenvalue weighted by molar-refractivity contribution is -0.148. The molecule has 0 unspecified atom stereocenters. The molecule has 2 aliphatic heterocycles. The molecule has 1 aromatic carbocycles. The van der Waals surface area contributed by atoms with Crippen molar-refractivity contribution in [1.82, 2.24) is 34.9 Å². The first-order valence-electron chi connectivity index (χ1n) is 18.6. The second-order valence-corrected chi connectivity index (χ2v) is 17.3. The molecule has 2 saturated carbocycles. The number of nitrogens with zero attached hydrogens (tertiary/aromatic N) is 4. The third-order valence-corrected chi connectivity index (χ3v) is 12.7. The zero-order valence-electron chi connectivity index (χ0n) is 31.2. The SMILES string of the molecule is CCn1nc(O[C@@H]2C[C@H]3C(=O)N[C@]4(C(=O)NS(=O)(=O)C5CC5)C[C@H]4/C=C\CC[C@@H](C)C[C@@H](C)[C@H](NC(=O)C(=O)N(C)C)C(=O)N3C2)c2ccccc2c1=O. The van der Waals surface area contributed by atoms with Crippen LogP contribution in [0.5, 0.6) is 5.88 Å². The van der Waals surface area contributed by atoms with Gasteiger partial charge in [-0.3, -0.25) is 33.5 Å². The van der Waals surface area contributed by atoms with Crippen LogP contribution in [0.4, 0.5) is 0 Å². The van der Waals surface area contributed by atoms with E-state index in [9.17, 15) is 37.2 Å². The Morgan fingerprint density at radius 3 is 2.43 bits per heavy atom. The maximum Gasteiger partial charge on any atom is 0.311 e. The van der Waals surface area contributed by atoms with Crippen molar-refractivity contribution in [2.75, 3.05) is 20.6 Å². The summed E-state index contributed by atoms with van der Waals surface area (Å²) in [5, 5.41) is 10.1. The van der Waals surface area contributed by atoms with Gasteiger partial charge in [0.1, 0.15) is 23.7 Å². The predicted octanol–water partition coefficient (Wildman–Crippen LogP) is 0.833. The summed E-state index contributed by atoms with van der Waals surface area (Å²) in [6, 6.07) is 4.39. The Kier molecular flexibility index (Phi) is 10.9. The summed E-state index contributed by atoms with van der Waals surface area (Å²) in [4.78, 5) is 84.1. The number of ether oxygens (including phenoxy) is 1. The molecule has 292 valence electrons. The van der Waals surface area contributed by atoms with Gasteiger partial charge in [-0.05, 0) is 69.4 Å². The Morgan fingerprint density at radius 1 is 1.06 bits per heavy atom. The van der Waals surface area contributed by atoms with Crippen LogP contribution in [-0.4, -0.2) is 107 Å². The fourth-order valence-corrected chi connectivity index (χ4v) is 8.93. The summed E-state index contributed by atoms with van der Waals surface area (Å²) in [5.74, 6) is -4.71. The van der Waals surface area contributed by atoms with E-state index in [0.29, 0.717) is 42.9 Å². The van der Waals surface area contributed by atoms with E-state index in [0.717, 1.165) is 4.90 Å². The number of amides is 5. The number of hydrogen-bond acceptors (Lipinski definition) is 10. The number of likely N-dealkylation sites (N-methyl/N-ethyl adjacent to an activating group) is 1. The number of fused-ring (bicyclic) bond motifs is 3. The molecule has 1 aromatic heterocycles. The maximum absolute atomic E-state index is 14.7. The topological polar surface area (TPSA) is 206 Å². The van der Waals surface area contributed by atoms with E-state index in [2.05, 4.69) is 20.5 Å². The standard InChI is InChI=1S/C37H49N7O9S/c1-6-44-33(47)27-14-10-9-13-26(27)32(40-44)53-24-18-28-30(45)39-37(36(50)41-54(51,52)25-15-16-25)19-23(37)12-8-7-11-21(2)17-22(3)29(34(48)43(28)20-24)38-31(46)35(49)42(4)5/h8-10,12-14,21-25,28-29H,6-7,11,15-20H2,1-5H3,(H,38,46)(H,39,45)(H,41,50)/b12-8-/t21-,22-,23-,24-,28+,29+,37-/m1/s1. The molecule has 16 nitrogen and oxygen atoms in total. The van der Waals surface area contributed by atoms with Crippen LogP contribution >= 0.6 is 0 Å². The molecule has 6 rings (SSSR count). The minimum Gasteiger partial charge on any atom is -0.471 e. The number of hydrogen-bond donors (Lipinski definition) is 3. The highest BCUT2D eigenvalue weighted by Crippen LogP contribution is 2.46. The van der Waals surface area contributed by atoms with Gasteiger partial charge in [0.2, 0.25) is 27.7 Å². The average molecular weight is 768 g/mol. The molecule has 17 heteroatoms. The zero-order valence-corrected chi connectivity index (χ0v) is 32.1. The molecule has 3 fully saturated rings. The Balaban J connectivity index is 1.37. The largest absolute Gasteiger partial charge is 0.471 e. The number of nitrogens with one attached hydrogen (secondary N) is 3. The van der Waals surface area contributed by atoms with Crippen LogP contribution in [0.2, 0.25) is 0 Å². The monoisotopic (exact) mass is 767 g/mol. The van der Waals surface area contributed by atoms with E-state index in [1.165, 1.54) is 23.7 Å². The van der Waals surface area contributed by atoms with Crippen molar-refractivity contribution in [3.05, 3.63) is 46.8 Å². The summed E-state index contributed by atoms with van der Waals surface area (Å²) in [7, 11) is -1.08. The van der Waals surface area contributed by atoms with Crippen LogP contribution in [0.25, 0.3) is 10.8 Å². The number of carbonyl (C=O) groups excluding carboxylic acids is 5. The number of benzene rings is 1. The number of allylic oxidation sites excluding steroid dienone is 1. The summed E-state index contributed by atoms with van der Waals surface area (Å²) in [5.41, 5.74) is -1.87. The quantitative estimate of drug-likeness (QED) is 0.267. The first-order valence-corrected chi connectivity index (χ1v) is 20.1. The molecule has 0 radical (unpaired) electrons. The van der Waals surface area contributed by atoms with Gasteiger partial charge in [-0.15, -0.1) is 5.10 Å². The number of sulfonamides is 1. The van der Waals surface area contributed by atoms with Crippen molar-refractivity contribution in [3.63, 3.8) is 0 Å². The van der Waals surface area contributed by atoms with E-state index in [4.69, 9.17) is 4.74 Å². The van der Waals surface area contributed by atoms with Crippen molar-refractivity contribution < 1.29 is 37.1 Å². The molecule has 1 saturated heterocycles. The average Bonchev–Trinajstić information content (AvgIpc) is 4.06. The van der Waals surface area contributed by atoms with Gasteiger partial charge in [-0.25, -0.2) is 13.1 Å². The van der Waals surface area contributed by atoms with Crippen molar-refractivity contribution in [3.8, 4) is 5.88 Å². The predicted molar refractivity (Wildman–Crippen MR) is 197 cm³/mol. The Bertz CT molecular complexity index is 2050. The van der Waals surface area contributed by atoms with E-state index in [-0.39, 0.29) is 43.3 Å². The number of rotatable bonds is 7. The maximum atomic E-state index is 14.7. The highest BCUT2D eigenvalue weighted by Gasteiger charge is 2.62. The lowest BCUT2D eigenvalue weighted by atomic mass is 9.87. The minimum absolute atomic E-state index is 0.0561. The van der Waals surface area contributed by atoms with Gasteiger partial charge >= 0.3 is 11.8 Å². The number of aryl methyl sites for hydroxylation is 1. The molecule has 3 heterocycles. The Hall–Kier alpha value is -4.80. The van der Waals surface area contributed by atoms with Crippen LogP contribution in [0.3, 0.4) is 0 Å². The first-order chi connectivity index (χ1) is 25.6. The highest BCUT2D eigenvalue weighted by atomic mass is 32.2. The third kappa shape index (κ3) is 7.86. The van der Waals surface area contributed by atoms with Crippen molar-refractivity contribution >= 4 is 50.3 Å². The Morgan fingerprint density at radius 2 is 1.76 bits per heavy atom. The lowest BCUT2D eigenvalue weighted by Gasteiger charge is -2.33. The molecule has 54 heavy (non-hydrogen) atoms. The fourth-order valence-electron chi connectivity index (χ4n) is 7.57. The summed E-state index contributed by atoms with van der Waals surface area (Å²) in [6.07, 6.45) is 5.76. The van der Waals surface area contributed by atoms with E-state index >= 15 is 0 Å². The summed E-state index contributed by atoms with van der Waals surface area (Å²) < 4.78 is 35.6. The van der Waals surface area contributed by atoms with Crippen LogP contribution < -0.4 is 25.7 Å². The van der Waals surface area contributed by atoms with Crippen molar-refractivity contribution in [2.45, 2.75) is 101 Å². The molecule has 2 aliphatic carbocycles. The van der Waals surface area contributed by atoms with Crippen molar-refractivity contribution in [2.24, 2.45) is 17.8 Å². The van der Waals surface area contributed by atoms with Crippen LogP contribution in [0.1, 0.15) is 65.7 Å². The molecular formula is C37H49N7O9S. The van der Waals surface area contributed by atoms with E-state index < -0.39 is 80.4 Å². The molecule has 2 aromatic rings. The minimum atomic E-state index is -3.93. The van der Waals surface area contributed by atoms with Crippen LogP contribution in [-0.2, 0) is 40.5 Å². The van der Waals surface area contributed by atoms with E-state index in [1.54, 1.807) is 31.2 Å². The van der Waals surface area contributed by atoms with Gasteiger partial charge in [-0.2, -0.15) is 0 Å². The smallest absolute Gasteiger partial charge is 0.311 e. The van der Waals surface area contributed by atoms with Crippen molar-refractivity contribution in [1.29, 1.82) is 0 Å². The fraction of sp³-hybridized carbons (Fsp3) is 0.595. The molecule has 7 atom stereocenters. The normalized spacial score (nSPS) is 29.5. The second-order valence-electron chi connectivity index (χ2n) is 15.4. The lowest BCUT2D eigenvalue weighted by Crippen LogP contribution is -2.59. The van der Waals surface area contributed by atoms with Crippen LogP contribution in [0, 0.1) is 17.8 Å². The molecule has 0 spiro atoms. The molecule has 3 N–H and O–H groups in total. The summed E-state index contributed by atoms with van der Waals surface area (Å²) >= 11 is 0. The molecule has 0 bridgehead atoms. The molecule has 4 aliphatic rings. The molecule has 5 amide bonds. The van der Waals surface area contributed by atoms with Gasteiger partial charge < -0.3 is 25.2 Å². The van der Waals surface area contributed by atoms with Gasteiger partial charge in [0.05, 0.1) is 22.6 Å². The third-order valence-electron chi connectivity index (χ3n) is 10.9. The van der Waals surface area contributed by atoms with Gasteiger partial charge in [0.15, 0.2) is 0 Å². The molecular weight excluding hydrogens is 719 g/mol. The number of aromatic nitrogens is 2. The second kappa shape index (κ2) is 15.1. The van der Waals surface area contributed by atoms with Gasteiger partial charge in [0, 0.05) is 33.0 Å².